The van der Waals surface area contributed by atoms with E-state index < -0.39 is 22.3 Å². The summed E-state index contributed by atoms with van der Waals surface area (Å²) in [5.74, 6) is -1.39. The largest absolute Gasteiger partial charge is 0.365 e. The highest BCUT2D eigenvalue weighted by Gasteiger charge is 2.14. The number of hydrogen-bond donors (Lipinski definition) is 0. The Morgan fingerprint density at radius 1 is 1.67 bits per heavy atom. The molecule has 0 N–H and O–H groups in total. The van der Waals surface area contributed by atoms with Crippen LogP contribution < -0.4 is 0 Å². The summed E-state index contributed by atoms with van der Waals surface area (Å²) in [7, 11) is 0. The summed E-state index contributed by atoms with van der Waals surface area (Å²) in [6, 6.07) is 3.14. The summed E-state index contributed by atoms with van der Waals surface area (Å²) in [6.07, 6.45) is 0. The molecule has 0 aromatic carbocycles. The molecule has 1 aromatic heterocycles. The van der Waals surface area contributed by atoms with Crippen molar-refractivity contribution < 1.29 is 9.31 Å². The maximum absolute atomic E-state index is 12.5. The highest BCUT2D eigenvalue weighted by molar-refractivity contribution is 5.29. The molecule has 0 saturated carbocycles. The normalized spacial score (nSPS) is 9.00. The maximum Gasteiger partial charge on any atom is 0.365 e. The fourth-order valence-corrected chi connectivity index (χ4v) is 0.612. The molecule has 12 heavy (non-hydrogen) atoms. The summed E-state index contributed by atoms with van der Waals surface area (Å²) in [5.41, 5.74) is -0.566. The van der Waals surface area contributed by atoms with Gasteiger partial charge in [-0.15, -0.1) is 0 Å². The number of nitrogens with zero attached hydrogens (tertiary/aromatic N) is 3. The van der Waals surface area contributed by atoms with Crippen molar-refractivity contribution in [3.8, 4) is 6.07 Å². The number of rotatable bonds is 1. The molecule has 0 fully saturated rings. The van der Waals surface area contributed by atoms with Gasteiger partial charge in [0.15, 0.2) is 11.9 Å². The average molecular weight is 167 g/mol. The molecule has 5 nitrogen and oxygen atoms in total. The van der Waals surface area contributed by atoms with E-state index in [4.69, 9.17) is 5.26 Å². The molecule has 0 unspecified atom stereocenters. The molecular weight excluding hydrogens is 165 g/mol. The van der Waals surface area contributed by atoms with Crippen LogP contribution in [-0.2, 0) is 0 Å². The highest BCUT2D eigenvalue weighted by Crippen LogP contribution is 2.10. The Kier molecular flexibility index (Phi) is 1.96. The minimum atomic E-state index is -0.858. The van der Waals surface area contributed by atoms with Gasteiger partial charge in [-0.05, 0) is 16.0 Å². The Bertz CT molecular complexity index is 372. The lowest BCUT2D eigenvalue weighted by molar-refractivity contribution is -0.389. The lowest BCUT2D eigenvalue weighted by Crippen LogP contribution is -1.96. The third-order valence-electron chi connectivity index (χ3n) is 1.12. The minimum absolute atomic E-state index is 0.534. The predicted molar refractivity (Wildman–Crippen MR) is 35.6 cm³/mol. The number of nitriles is 1. The first-order valence-electron chi connectivity index (χ1n) is 2.86. The lowest BCUT2D eigenvalue weighted by Gasteiger charge is -1.90. The molecule has 0 saturated heterocycles. The van der Waals surface area contributed by atoms with E-state index in [1.54, 1.807) is 0 Å². The molecule has 0 bridgehead atoms. The van der Waals surface area contributed by atoms with Crippen molar-refractivity contribution in [2.75, 3.05) is 0 Å². The van der Waals surface area contributed by atoms with E-state index in [0.717, 1.165) is 12.1 Å². The van der Waals surface area contributed by atoms with E-state index in [2.05, 4.69) is 4.98 Å². The quantitative estimate of drug-likeness (QED) is 0.461. The molecule has 1 rings (SSSR count). The van der Waals surface area contributed by atoms with E-state index in [9.17, 15) is 14.5 Å². The zero-order valence-electron chi connectivity index (χ0n) is 5.69. The van der Waals surface area contributed by atoms with Crippen molar-refractivity contribution >= 4 is 5.82 Å². The third-order valence-corrected chi connectivity index (χ3v) is 1.12. The fraction of sp³-hybridized carbons (Fsp3) is 0. The molecular formula is C6H2FN3O2. The van der Waals surface area contributed by atoms with Gasteiger partial charge in [0.2, 0.25) is 0 Å². The summed E-state index contributed by atoms with van der Waals surface area (Å²) in [6.45, 7) is 0. The number of aromatic nitrogens is 1. The molecule has 0 aliphatic heterocycles. The van der Waals surface area contributed by atoms with Crippen LogP contribution in [0.25, 0.3) is 0 Å². The van der Waals surface area contributed by atoms with Gasteiger partial charge in [-0.1, -0.05) is 0 Å². The molecule has 0 spiro atoms. The van der Waals surface area contributed by atoms with Crippen LogP contribution in [-0.4, -0.2) is 9.91 Å². The van der Waals surface area contributed by atoms with Gasteiger partial charge in [0, 0.05) is 6.07 Å². The molecule has 1 heterocycles. The van der Waals surface area contributed by atoms with Crippen LogP contribution in [0.15, 0.2) is 12.1 Å². The maximum atomic E-state index is 12.5. The van der Waals surface area contributed by atoms with E-state index in [0.29, 0.717) is 0 Å². The van der Waals surface area contributed by atoms with Crippen molar-refractivity contribution in [3.05, 3.63) is 33.8 Å². The third kappa shape index (κ3) is 1.34. The fourth-order valence-electron chi connectivity index (χ4n) is 0.612. The smallest absolute Gasteiger partial charge is 0.358 e. The molecule has 60 valence electrons. The summed E-state index contributed by atoms with van der Waals surface area (Å²) >= 11 is 0. The van der Waals surface area contributed by atoms with Gasteiger partial charge in [0.25, 0.3) is 5.69 Å². The second-order valence-corrected chi connectivity index (χ2v) is 1.87. The Hall–Kier alpha value is -2.03. The van der Waals surface area contributed by atoms with Crippen molar-refractivity contribution in [2.45, 2.75) is 0 Å². The number of nitro groups is 1. The first kappa shape index (κ1) is 8.07. The first-order valence-corrected chi connectivity index (χ1v) is 2.86. The number of hydrogen-bond acceptors (Lipinski definition) is 4. The zero-order chi connectivity index (χ0) is 9.14. The van der Waals surface area contributed by atoms with Crippen LogP contribution in [0.3, 0.4) is 0 Å². The molecule has 6 heteroatoms. The monoisotopic (exact) mass is 167 g/mol. The van der Waals surface area contributed by atoms with Crippen molar-refractivity contribution in [2.24, 2.45) is 0 Å². The Labute approximate surface area is 66.2 Å². The molecule has 0 atom stereocenters. The number of pyridine rings is 1. The summed E-state index contributed by atoms with van der Waals surface area (Å²) in [5, 5.41) is 18.3. The van der Waals surface area contributed by atoms with Gasteiger partial charge in [-0.2, -0.15) is 5.26 Å². The Balaban J connectivity index is 3.25. The molecule has 0 aliphatic rings. The Morgan fingerprint density at radius 2 is 2.33 bits per heavy atom. The molecule has 0 aliphatic carbocycles. The van der Waals surface area contributed by atoms with Crippen molar-refractivity contribution in [3.63, 3.8) is 0 Å². The second-order valence-electron chi connectivity index (χ2n) is 1.87. The lowest BCUT2D eigenvalue weighted by atomic mass is 10.3. The minimum Gasteiger partial charge on any atom is -0.358 e. The SMILES string of the molecule is N#Cc1nc([N+](=O)[O-])ccc1F. The van der Waals surface area contributed by atoms with Gasteiger partial charge in [0.1, 0.15) is 0 Å². The zero-order valence-corrected chi connectivity index (χ0v) is 5.69. The second kappa shape index (κ2) is 2.92. The van der Waals surface area contributed by atoms with Crippen LogP contribution in [0.2, 0.25) is 0 Å². The van der Waals surface area contributed by atoms with Crippen LogP contribution in [0.5, 0.6) is 0 Å². The summed E-state index contributed by atoms with van der Waals surface area (Å²) in [4.78, 5) is 12.5. The number of halogens is 1. The van der Waals surface area contributed by atoms with Crippen molar-refractivity contribution in [1.29, 1.82) is 5.26 Å². The van der Waals surface area contributed by atoms with Crippen LogP contribution in [0.1, 0.15) is 5.69 Å². The standard InChI is InChI=1S/C6H2FN3O2/c7-4-1-2-6(10(11)12)9-5(4)3-8/h1-2H. The van der Waals surface area contributed by atoms with Gasteiger partial charge in [-0.25, -0.2) is 4.39 Å². The molecule has 0 amide bonds. The van der Waals surface area contributed by atoms with Crippen LogP contribution in [0, 0.1) is 27.3 Å². The van der Waals surface area contributed by atoms with E-state index >= 15 is 0 Å². The van der Waals surface area contributed by atoms with Crippen LogP contribution >= 0.6 is 0 Å². The van der Waals surface area contributed by atoms with Gasteiger partial charge < -0.3 is 10.1 Å². The van der Waals surface area contributed by atoms with Crippen molar-refractivity contribution in [1.82, 2.24) is 4.98 Å². The Morgan fingerprint density at radius 3 is 2.83 bits per heavy atom. The van der Waals surface area contributed by atoms with E-state index in [-0.39, 0.29) is 0 Å². The van der Waals surface area contributed by atoms with E-state index in [1.807, 2.05) is 0 Å². The van der Waals surface area contributed by atoms with Gasteiger partial charge in [0.05, 0.1) is 0 Å². The van der Waals surface area contributed by atoms with Gasteiger partial charge in [-0.3, -0.25) is 0 Å². The highest BCUT2D eigenvalue weighted by atomic mass is 19.1. The first-order chi connectivity index (χ1) is 5.65. The van der Waals surface area contributed by atoms with E-state index in [1.165, 1.54) is 6.07 Å². The average Bonchev–Trinajstić information content (AvgIpc) is 2.05. The van der Waals surface area contributed by atoms with Gasteiger partial charge >= 0.3 is 5.82 Å². The predicted octanol–water partition coefficient (Wildman–Crippen LogP) is 1.00. The topological polar surface area (TPSA) is 79.8 Å². The summed E-state index contributed by atoms with van der Waals surface area (Å²) < 4.78 is 12.5. The molecule has 1 aromatic rings. The van der Waals surface area contributed by atoms with Crippen LogP contribution in [0.4, 0.5) is 10.2 Å². The molecule has 0 radical (unpaired) electrons.